The summed E-state index contributed by atoms with van der Waals surface area (Å²) in [5, 5.41) is 15.3. The molecule has 5 heteroatoms. The lowest BCUT2D eigenvalue weighted by molar-refractivity contribution is -0.147. The molecule has 3 N–H and O–H groups in total. The van der Waals surface area contributed by atoms with E-state index in [2.05, 4.69) is 10.6 Å². The van der Waals surface area contributed by atoms with Crippen LogP contribution in [0.25, 0.3) is 0 Å². The van der Waals surface area contributed by atoms with Gasteiger partial charge in [0.25, 0.3) is 0 Å². The van der Waals surface area contributed by atoms with Crippen molar-refractivity contribution in [1.29, 1.82) is 0 Å². The highest BCUT2D eigenvalue weighted by Gasteiger charge is 2.41. The molecule has 1 aliphatic heterocycles. The molecule has 0 aliphatic carbocycles. The van der Waals surface area contributed by atoms with Crippen molar-refractivity contribution in [2.45, 2.75) is 53.0 Å². The monoisotopic (exact) mass is 270 g/mol. The fraction of sp³-hybridized carbons (Fsp3) is 0.857. The van der Waals surface area contributed by atoms with E-state index in [9.17, 15) is 14.7 Å². The van der Waals surface area contributed by atoms with Crippen molar-refractivity contribution in [3.63, 3.8) is 0 Å². The van der Waals surface area contributed by atoms with Crippen LogP contribution in [0.3, 0.4) is 0 Å². The van der Waals surface area contributed by atoms with Crippen molar-refractivity contribution in [2.24, 2.45) is 10.8 Å². The van der Waals surface area contributed by atoms with Crippen molar-refractivity contribution in [1.82, 2.24) is 10.6 Å². The van der Waals surface area contributed by atoms with Crippen LogP contribution in [-0.4, -0.2) is 36.1 Å². The van der Waals surface area contributed by atoms with Gasteiger partial charge in [-0.05, 0) is 31.2 Å². The zero-order chi connectivity index (χ0) is 14.7. The van der Waals surface area contributed by atoms with Gasteiger partial charge in [0.1, 0.15) is 6.04 Å². The van der Waals surface area contributed by atoms with Crippen LogP contribution < -0.4 is 10.6 Å². The Kier molecular flexibility index (Phi) is 4.96. The van der Waals surface area contributed by atoms with Crippen LogP contribution in [0.15, 0.2) is 0 Å². The summed E-state index contributed by atoms with van der Waals surface area (Å²) >= 11 is 0. The molecule has 1 rings (SSSR count). The van der Waals surface area contributed by atoms with Gasteiger partial charge < -0.3 is 15.7 Å². The summed E-state index contributed by atoms with van der Waals surface area (Å²) in [5.41, 5.74) is -0.963. The average molecular weight is 270 g/mol. The number of carbonyl (C=O) groups excluding carboxylic acids is 1. The molecule has 0 aromatic heterocycles. The van der Waals surface area contributed by atoms with E-state index in [0.717, 1.165) is 25.8 Å². The van der Waals surface area contributed by atoms with Gasteiger partial charge in [0.2, 0.25) is 5.91 Å². The van der Waals surface area contributed by atoms with Gasteiger partial charge in [-0.1, -0.05) is 27.7 Å². The topological polar surface area (TPSA) is 78.4 Å². The third-order valence-corrected chi connectivity index (χ3v) is 4.02. The van der Waals surface area contributed by atoms with Crippen molar-refractivity contribution in [2.75, 3.05) is 13.1 Å². The van der Waals surface area contributed by atoms with Crippen molar-refractivity contribution in [3.8, 4) is 0 Å². The normalized spacial score (nSPS) is 25.7. The van der Waals surface area contributed by atoms with Crippen LogP contribution in [0.1, 0.15) is 47.0 Å². The smallest absolute Gasteiger partial charge is 0.326 e. The molecule has 1 heterocycles. The number of nitrogens with one attached hydrogen (secondary N) is 2. The van der Waals surface area contributed by atoms with Crippen LogP contribution in [0.4, 0.5) is 0 Å². The third kappa shape index (κ3) is 3.69. The first-order valence-corrected chi connectivity index (χ1v) is 6.97. The Bertz CT molecular complexity index is 341. The van der Waals surface area contributed by atoms with Crippen LogP contribution in [0, 0.1) is 10.8 Å². The summed E-state index contributed by atoms with van der Waals surface area (Å²) in [6, 6.07) is -0.856. The Hall–Kier alpha value is -1.10. The van der Waals surface area contributed by atoms with Gasteiger partial charge in [-0.25, -0.2) is 4.79 Å². The van der Waals surface area contributed by atoms with Crippen molar-refractivity contribution >= 4 is 11.9 Å². The van der Waals surface area contributed by atoms with Crippen LogP contribution in [-0.2, 0) is 9.59 Å². The second kappa shape index (κ2) is 5.90. The highest BCUT2D eigenvalue weighted by atomic mass is 16.4. The SMILES string of the molecule is CCC1(C(=O)NC(C(=O)O)C(C)(C)C)CCCNC1. The third-order valence-electron chi connectivity index (χ3n) is 4.02. The van der Waals surface area contributed by atoms with Gasteiger partial charge in [0.05, 0.1) is 5.41 Å². The average Bonchev–Trinajstić information content (AvgIpc) is 2.34. The van der Waals surface area contributed by atoms with E-state index >= 15 is 0 Å². The maximum absolute atomic E-state index is 12.5. The number of carboxylic acids is 1. The number of amides is 1. The van der Waals surface area contributed by atoms with Crippen LogP contribution in [0.2, 0.25) is 0 Å². The predicted molar refractivity (Wildman–Crippen MR) is 73.8 cm³/mol. The summed E-state index contributed by atoms with van der Waals surface area (Å²) in [4.78, 5) is 23.8. The number of aliphatic carboxylic acids is 1. The Labute approximate surface area is 115 Å². The van der Waals surface area contributed by atoms with Crippen LogP contribution >= 0.6 is 0 Å². The second-order valence-electron chi connectivity index (χ2n) is 6.52. The summed E-state index contributed by atoms with van der Waals surface area (Å²) in [7, 11) is 0. The molecule has 1 fully saturated rings. The molecular weight excluding hydrogens is 244 g/mol. The van der Waals surface area contributed by atoms with Crippen molar-refractivity contribution < 1.29 is 14.7 Å². The fourth-order valence-electron chi connectivity index (χ4n) is 2.56. The Morgan fingerprint density at radius 1 is 1.42 bits per heavy atom. The van der Waals surface area contributed by atoms with Gasteiger partial charge in [0.15, 0.2) is 0 Å². The summed E-state index contributed by atoms with van der Waals surface area (Å²) in [5.74, 6) is -1.11. The molecule has 1 amide bonds. The maximum atomic E-state index is 12.5. The minimum atomic E-state index is -0.976. The molecule has 0 radical (unpaired) electrons. The van der Waals surface area contributed by atoms with Gasteiger partial charge in [-0.3, -0.25) is 4.79 Å². The Morgan fingerprint density at radius 3 is 2.42 bits per heavy atom. The predicted octanol–water partition coefficient (Wildman–Crippen LogP) is 1.38. The van der Waals surface area contributed by atoms with E-state index in [1.54, 1.807) is 0 Å². The Balaban J connectivity index is 2.83. The van der Waals surface area contributed by atoms with E-state index in [1.807, 2.05) is 27.7 Å². The highest BCUT2D eigenvalue weighted by Crippen LogP contribution is 2.31. The zero-order valence-corrected chi connectivity index (χ0v) is 12.4. The number of carboxylic acid groups (broad SMARTS) is 1. The minimum Gasteiger partial charge on any atom is -0.480 e. The molecule has 1 aliphatic rings. The van der Waals surface area contributed by atoms with E-state index in [1.165, 1.54) is 0 Å². The first-order valence-electron chi connectivity index (χ1n) is 6.97. The Morgan fingerprint density at radius 2 is 2.05 bits per heavy atom. The molecule has 1 saturated heterocycles. The van der Waals surface area contributed by atoms with Crippen molar-refractivity contribution in [3.05, 3.63) is 0 Å². The van der Waals surface area contributed by atoms with E-state index in [4.69, 9.17) is 0 Å². The summed E-state index contributed by atoms with van der Waals surface area (Å²) in [6.45, 7) is 9.01. The van der Waals surface area contributed by atoms with Gasteiger partial charge in [0, 0.05) is 6.54 Å². The summed E-state index contributed by atoms with van der Waals surface area (Å²) < 4.78 is 0. The number of hydrogen-bond donors (Lipinski definition) is 3. The lowest BCUT2D eigenvalue weighted by Gasteiger charge is -2.38. The molecule has 0 saturated carbocycles. The highest BCUT2D eigenvalue weighted by molar-refractivity contribution is 5.88. The molecule has 2 atom stereocenters. The largest absolute Gasteiger partial charge is 0.480 e. The fourth-order valence-corrected chi connectivity index (χ4v) is 2.56. The van der Waals surface area contributed by atoms with Gasteiger partial charge in [-0.2, -0.15) is 0 Å². The molecule has 2 unspecified atom stereocenters. The van der Waals surface area contributed by atoms with Crippen LogP contribution in [0.5, 0.6) is 0 Å². The molecule has 0 bridgehead atoms. The summed E-state index contributed by atoms with van der Waals surface area (Å²) in [6.07, 6.45) is 2.50. The maximum Gasteiger partial charge on any atom is 0.326 e. The molecule has 0 aromatic carbocycles. The first-order chi connectivity index (χ1) is 8.73. The number of carbonyl (C=O) groups is 2. The van der Waals surface area contributed by atoms with Gasteiger partial charge >= 0.3 is 5.97 Å². The van der Waals surface area contributed by atoms with E-state index < -0.39 is 22.8 Å². The first kappa shape index (κ1) is 16.0. The van der Waals surface area contributed by atoms with E-state index in [-0.39, 0.29) is 5.91 Å². The minimum absolute atomic E-state index is 0.135. The lowest BCUT2D eigenvalue weighted by Crippen LogP contribution is -2.57. The molecular formula is C14H26N2O3. The van der Waals surface area contributed by atoms with E-state index in [0.29, 0.717) is 6.54 Å². The molecule has 5 nitrogen and oxygen atoms in total. The number of rotatable bonds is 4. The lowest BCUT2D eigenvalue weighted by atomic mass is 9.76. The molecule has 110 valence electrons. The zero-order valence-electron chi connectivity index (χ0n) is 12.4. The molecule has 19 heavy (non-hydrogen) atoms. The second-order valence-corrected chi connectivity index (χ2v) is 6.52. The number of piperidine rings is 1. The molecule has 0 aromatic rings. The molecule has 0 spiro atoms. The quantitative estimate of drug-likeness (QED) is 0.721. The van der Waals surface area contributed by atoms with Gasteiger partial charge in [-0.15, -0.1) is 0 Å². The standard InChI is InChI=1S/C14H26N2O3/c1-5-14(7-6-8-15-9-14)12(19)16-10(11(17)18)13(2,3)4/h10,15H,5-9H2,1-4H3,(H,16,19)(H,17,18). The number of hydrogen-bond acceptors (Lipinski definition) is 3.